The van der Waals surface area contributed by atoms with Gasteiger partial charge in [0.2, 0.25) is 5.89 Å². The zero-order valence-electron chi connectivity index (χ0n) is 14.0. The molecule has 0 bridgehead atoms. The maximum atomic E-state index is 12.9. The number of ether oxygens (including phenoxy) is 1. The first-order valence-electron chi connectivity index (χ1n) is 8.63. The summed E-state index contributed by atoms with van der Waals surface area (Å²) in [6, 6.07) is 0.000178. The average Bonchev–Trinajstić information content (AvgIpc) is 2.94. The van der Waals surface area contributed by atoms with Gasteiger partial charge in [0.25, 0.3) is 0 Å². The van der Waals surface area contributed by atoms with Crippen LogP contribution in [0.25, 0.3) is 0 Å². The number of hydrogen-bond acceptors (Lipinski definition) is 5. The second kappa shape index (κ2) is 7.29. The molecule has 0 saturated carbocycles. The van der Waals surface area contributed by atoms with Crippen LogP contribution < -0.4 is 0 Å². The van der Waals surface area contributed by atoms with Crippen molar-refractivity contribution < 1.29 is 14.1 Å². The van der Waals surface area contributed by atoms with Crippen molar-refractivity contribution >= 4 is 6.03 Å². The number of carbonyl (C=O) groups is 1. The van der Waals surface area contributed by atoms with Crippen molar-refractivity contribution in [1.82, 2.24) is 19.9 Å². The Morgan fingerprint density at radius 2 is 1.96 bits per heavy atom. The highest BCUT2D eigenvalue weighted by Crippen LogP contribution is 2.30. The predicted octanol–water partition coefficient (Wildman–Crippen LogP) is 2.56. The number of aromatic nitrogens is 2. The van der Waals surface area contributed by atoms with Crippen LogP contribution in [0.1, 0.15) is 63.2 Å². The number of urea groups is 1. The molecule has 0 aromatic carbocycles. The van der Waals surface area contributed by atoms with Crippen molar-refractivity contribution in [3.8, 4) is 0 Å². The molecule has 0 radical (unpaired) electrons. The first kappa shape index (κ1) is 16.2. The molecule has 2 aliphatic rings. The highest BCUT2D eigenvalue weighted by Gasteiger charge is 2.33. The van der Waals surface area contributed by atoms with Crippen LogP contribution in [0, 0.1) is 0 Å². The molecule has 7 heteroatoms. The number of likely N-dealkylation sites (tertiary alicyclic amines) is 1. The Bertz CT molecular complexity index is 525. The third-order valence-electron chi connectivity index (χ3n) is 4.53. The largest absolute Gasteiger partial charge is 0.378 e. The van der Waals surface area contributed by atoms with Crippen molar-refractivity contribution in [3.63, 3.8) is 0 Å². The lowest BCUT2D eigenvalue weighted by Gasteiger charge is -2.35. The Hall–Kier alpha value is -1.63. The van der Waals surface area contributed by atoms with E-state index in [-0.39, 0.29) is 18.0 Å². The summed E-state index contributed by atoms with van der Waals surface area (Å²) in [6.07, 6.45) is 4.15. The van der Waals surface area contributed by atoms with Crippen molar-refractivity contribution in [3.05, 3.63) is 11.7 Å². The van der Waals surface area contributed by atoms with E-state index in [1.54, 1.807) is 0 Å². The third-order valence-corrected chi connectivity index (χ3v) is 4.53. The number of hydrogen-bond donors (Lipinski definition) is 0. The molecule has 2 aliphatic heterocycles. The first-order valence-corrected chi connectivity index (χ1v) is 8.63. The molecule has 1 atom stereocenters. The summed E-state index contributed by atoms with van der Waals surface area (Å²) in [7, 11) is 0. The lowest BCUT2D eigenvalue weighted by Crippen LogP contribution is -2.49. The van der Waals surface area contributed by atoms with Gasteiger partial charge in [0.15, 0.2) is 5.82 Å². The molecule has 3 heterocycles. The highest BCUT2D eigenvalue weighted by molar-refractivity contribution is 5.75. The van der Waals surface area contributed by atoms with E-state index in [0.717, 1.165) is 32.2 Å². The van der Waals surface area contributed by atoms with Gasteiger partial charge < -0.3 is 19.1 Å². The zero-order valence-corrected chi connectivity index (χ0v) is 14.0. The SMILES string of the molecule is CC(C)c1nc(C2CCCCCN2C(=O)N2CCOCC2)no1. The van der Waals surface area contributed by atoms with Gasteiger partial charge in [-0.05, 0) is 12.8 Å². The van der Waals surface area contributed by atoms with E-state index in [9.17, 15) is 4.79 Å². The van der Waals surface area contributed by atoms with Crippen LogP contribution >= 0.6 is 0 Å². The van der Waals surface area contributed by atoms with Crippen LogP contribution in [-0.4, -0.2) is 58.8 Å². The molecule has 128 valence electrons. The van der Waals surface area contributed by atoms with Crippen molar-refractivity contribution in [2.75, 3.05) is 32.8 Å². The Labute approximate surface area is 137 Å². The number of nitrogens with zero attached hydrogens (tertiary/aromatic N) is 4. The lowest BCUT2D eigenvalue weighted by atomic mass is 10.1. The molecule has 0 N–H and O–H groups in total. The van der Waals surface area contributed by atoms with E-state index in [0.29, 0.717) is 38.0 Å². The normalized spacial score (nSPS) is 23.2. The average molecular weight is 322 g/mol. The molecule has 0 aliphatic carbocycles. The summed E-state index contributed by atoms with van der Waals surface area (Å²) >= 11 is 0. The van der Waals surface area contributed by atoms with Gasteiger partial charge in [-0.3, -0.25) is 0 Å². The van der Waals surface area contributed by atoms with Gasteiger partial charge in [-0.25, -0.2) is 4.79 Å². The molecule has 2 fully saturated rings. The summed E-state index contributed by atoms with van der Waals surface area (Å²) in [5.74, 6) is 1.49. The maximum absolute atomic E-state index is 12.9. The molecule has 3 rings (SSSR count). The smallest absolute Gasteiger partial charge is 0.320 e. The predicted molar refractivity (Wildman–Crippen MR) is 84.1 cm³/mol. The Morgan fingerprint density at radius 3 is 2.65 bits per heavy atom. The van der Waals surface area contributed by atoms with E-state index < -0.39 is 0 Å². The second-order valence-corrected chi connectivity index (χ2v) is 6.59. The van der Waals surface area contributed by atoms with E-state index in [1.165, 1.54) is 0 Å². The summed E-state index contributed by atoms with van der Waals surface area (Å²) in [6.45, 7) is 7.36. The molecule has 2 saturated heterocycles. The molecule has 1 aromatic heterocycles. The van der Waals surface area contributed by atoms with Gasteiger partial charge in [0, 0.05) is 25.6 Å². The molecule has 7 nitrogen and oxygen atoms in total. The van der Waals surface area contributed by atoms with E-state index in [2.05, 4.69) is 10.1 Å². The van der Waals surface area contributed by atoms with Crippen molar-refractivity contribution in [1.29, 1.82) is 0 Å². The van der Waals surface area contributed by atoms with Crippen LogP contribution in [0.4, 0.5) is 4.79 Å². The van der Waals surface area contributed by atoms with Gasteiger partial charge >= 0.3 is 6.03 Å². The van der Waals surface area contributed by atoms with Gasteiger partial charge in [0.05, 0.1) is 19.3 Å². The van der Waals surface area contributed by atoms with Crippen molar-refractivity contribution in [2.45, 2.75) is 51.5 Å². The fourth-order valence-corrected chi connectivity index (χ4v) is 3.16. The van der Waals surface area contributed by atoms with Crippen LogP contribution in [0.3, 0.4) is 0 Å². The summed E-state index contributed by atoms with van der Waals surface area (Å²) in [5, 5.41) is 4.16. The topological polar surface area (TPSA) is 71.7 Å². The summed E-state index contributed by atoms with van der Waals surface area (Å²) in [5.41, 5.74) is 0. The van der Waals surface area contributed by atoms with E-state index >= 15 is 0 Å². The maximum Gasteiger partial charge on any atom is 0.320 e. The van der Waals surface area contributed by atoms with E-state index in [4.69, 9.17) is 9.26 Å². The van der Waals surface area contributed by atoms with Gasteiger partial charge in [-0.15, -0.1) is 0 Å². The van der Waals surface area contributed by atoms with Crippen LogP contribution in [0.5, 0.6) is 0 Å². The minimum absolute atomic E-state index is 0.0795. The fourth-order valence-electron chi connectivity index (χ4n) is 3.16. The molecule has 0 spiro atoms. The standard InChI is InChI=1S/C16H26N4O3/c1-12(2)15-17-14(18-23-15)13-6-4-3-5-7-20(13)16(21)19-8-10-22-11-9-19/h12-13H,3-11H2,1-2H3. The quantitative estimate of drug-likeness (QED) is 0.837. The van der Waals surface area contributed by atoms with Gasteiger partial charge in [-0.2, -0.15) is 4.98 Å². The Balaban J connectivity index is 1.80. The zero-order chi connectivity index (χ0) is 16.2. The van der Waals surface area contributed by atoms with E-state index in [1.807, 2.05) is 23.6 Å². The minimum Gasteiger partial charge on any atom is -0.378 e. The number of morpholine rings is 1. The number of rotatable bonds is 2. The summed E-state index contributed by atoms with van der Waals surface area (Å²) in [4.78, 5) is 21.3. The van der Waals surface area contributed by atoms with Gasteiger partial charge in [-0.1, -0.05) is 31.8 Å². The second-order valence-electron chi connectivity index (χ2n) is 6.59. The summed E-state index contributed by atoms with van der Waals surface area (Å²) < 4.78 is 10.7. The Kier molecular flexibility index (Phi) is 5.15. The molecule has 1 unspecified atom stereocenters. The third kappa shape index (κ3) is 3.65. The lowest BCUT2D eigenvalue weighted by molar-refractivity contribution is 0.0387. The minimum atomic E-state index is -0.0795. The van der Waals surface area contributed by atoms with Gasteiger partial charge in [0.1, 0.15) is 0 Å². The number of carbonyl (C=O) groups excluding carboxylic acids is 1. The highest BCUT2D eigenvalue weighted by atomic mass is 16.5. The molecule has 1 aromatic rings. The molecular weight excluding hydrogens is 296 g/mol. The fraction of sp³-hybridized carbons (Fsp3) is 0.812. The molecular formula is C16H26N4O3. The first-order chi connectivity index (χ1) is 11.2. The Morgan fingerprint density at radius 1 is 1.17 bits per heavy atom. The van der Waals surface area contributed by atoms with Crippen LogP contribution in [0.2, 0.25) is 0 Å². The number of amides is 2. The monoisotopic (exact) mass is 322 g/mol. The van der Waals surface area contributed by atoms with Crippen LogP contribution in [-0.2, 0) is 4.74 Å². The molecule has 23 heavy (non-hydrogen) atoms. The van der Waals surface area contributed by atoms with Crippen molar-refractivity contribution in [2.24, 2.45) is 0 Å². The molecule has 2 amide bonds. The van der Waals surface area contributed by atoms with Crippen LogP contribution in [0.15, 0.2) is 4.52 Å².